The summed E-state index contributed by atoms with van der Waals surface area (Å²) in [5.41, 5.74) is 0.695. The molecule has 94 valence electrons. The van der Waals surface area contributed by atoms with Crippen LogP contribution >= 0.6 is 0 Å². The first-order chi connectivity index (χ1) is 7.83. The number of rotatable bonds is 4. The van der Waals surface area contributed by atoms with Crippen molar-refractivity contribution in [2.45, 2.75) is 50.5 Å². The summed E-state index contributed by atoms with van der Waals surface area (Å²) >= 11 is 0. The van der Waals surface area contributed by atoms with Crippen molar-refractivity contribution in [1.29, 1.82) is 0 Å². The third-order valence-corrected chi connectivity index (χ3v) is 8.36. The van der Waals surface area contributed by atoms with E-state index in [9.17, 15) is 0 Å². The van der Waals surface area contributed by atoms with Crippen molar-refractivity contribution in [3.8, 4) is 0 Å². The summed E-state index contributed by atoms with van der Waals surface area (Å²) in [6, 6.07) is 0. The van der Waals surface area contributed by atoms with Crippen molar-refractivity contribution in [1.82, 2.24) is 4.57 Å². The van der Waals surface area contributed by atoms with Crippen LogP contribution in [-0.4, -0.2) is 40.6 Å². The Kier molecular flexibility index (Phi) is 4.41. The van der Waals surface area contributed by atoms with Crippen molar-refractivity contribution in [3.63, 3.8) is 0 Å². The second-order valence-electron chi connectivity index (χ2n) is 5.07. The van der Waals surface area contributed by atoms with Crippen LogP contribution in [0.4, 0.5) is 0 Å². The van der Waals surface area contributed by atoms with Crippen LogP contribution in [0.2, 0.25) is 5.54 Å². The van der Waals surface area contributed by atoms with Gasteiger partial charge in [-0.15, -0.1) is 0 Å². The van der Waals surface area contributed by atoms with Gasteiger partial charge in [0.15, 0.2) is 0 Å². The molecule has 0 radical (unpaired) electrons. The Morgan fingerprint density at radius 1 is 0.875 bits per heavy atom. The Bertz CT molecular complexity index is 209. The van der Waals surface area contributed by atoms with E-state index in [2.05, 4.69) is 4.57 Å². The fraction of sp³-hybridized carbons (Fsp3) is 1.00. The maximum Gasteiger partial charge on any atom is 0.430 e. The van der Waals surface area contributed by atoms with Crippen LogP contribution in [0, 0.1) is 0 Å². The quantitative estimate of drug-likeness (QED) is 0.709. The van der Waals surface area contributed by atoms with Crippen LogP contribution in [-0.2, 0) is 8.85 Å². The van der Waals surface area contributed by atoms with E-state index >= 15 is 0 Å². The molecule has 2 fully saturated rings. The molecule has 4 heteroatoms. The molecule has 0 amide bonds. The summed E-state index contributed by atoms with van der Waals surface area (Å²) in [5, 5.41) is 0. The highest BCUT2D eigenvalue weighted by atomic mass is 28.4. The van der Waals surface area contributed by atoms with Gasteiger partial charge >= 0.3 is 8.72 Å². The first-order valence-corrected chi connectivity index (χ1v) is 8.53. The molecule has 3 nitrogen and oxygen atoms in total. The van der Waals surface area contributed by atoms with Gasteiger partial charge in [0.05, 0.1) is 0 Å². The molecule has 0 N–H and O–H groups in total. The number of nitrogens with zero attached hydrogens (tertiary/aromatic N) is 1. The van der Waals surface area contributed by atoms with Crippen LogP contribution in [0.25, 0.3) is 0 Å². The highest BCUT2D eigenvalue weighted by Crippen LogP contribution is 2.41. The number of hydrogen-bond donors (Lipinski definition) is 0. The highest BCUT2D eigenvalue weighted by molar-refractivity contribution is 6.66. The van der Waals surface area contributed by atoms with Gasteiger partial charge in [-0.2, -0.15) is 0 Å². The Labute approximate surface area is 100 Å². The van der Waals surface area contributed by atoms with Crippen LogP contribution < -0.4 is 0 Å². The molecule has 2 rings (SSSR count). The lowest BCUT2D eigenvalue weighted by molar-refractivity contribution is 0.137. The maximum atomic E-state index is 5.95. The lowest BCUT2D eigenvalue weighted by atomic mass is 10.2. The van der Waals surface area contributed by atoms with Gasteiger partial charge in [-0.25, -0.2) is 0 Å². The first kappa shape index (κ1) is 12.6. The predicted octanol–water partition coefficient (Wildman–Crippen LogP) is 2.65. The maximum absolute atomic E-state index is 5.95. The number of piperidine rings is 1. The van der Waals surface area contributed by atoms with Gasteiger partial charge in [-0.1, -0.05) is 19.3 Å². The van der Waals surface area contributed by atoms with E-state index in [1.807, 2.05) is 14.2 Å². The Morgan fingerprint density at radius 2 is 1.44 bits per heavy atom. The molecule has 1 aliphatic heterocycles. The topological polar surface area (TPSA) is 21.7 Å². The molecule has 2 aliphatic rings. The summed E-state index contributed by atoms with van der Waals surface area (Å²) < 4.78 is 14.5. The van der Waals surface area contributed by atoms with Gasteiger partial charge in [0.2, 0.25) is 0 Å². The third kappa shape index (κ3) is 2.21. The fourth-order valence-corrected chi connectivity index (χ4v) is 7.37. The lowest BCUT2D eigenvalue weighted by Crippen LogP contribution is -2.61. The zero-order valence-electron chi connectivity index (χ0n) is 10.7. The van der Waals surface area contributed by atoms with E-state index in [1.165, 1.54) is 58.0 Å². The zero-order valence-corrected chi connectivity index (χ0v) is 11.7. The van der Waals surface area contributed by atoms with Gasteiger partial charge < -0.3 is 8.85 Å². The van der Waals surface area contributed by atoms with E-state index in [1.54, 1.807) is 0 Å². The second-order valence-corrected chi connectivity index (χ2v) is 8.59. The van der Waals surface area contributed by atoms with Gasteiger partial charge in [0.1, 0.15) is 0 Å². The van der Waals surface area contributed by atoms with Crippen LogP contribution in [0.3, 0.4) is 0 Å². The molecule has 0 bridgehead atoms. The largest absolute Gasteiger partial charge is 0.430 e. The van der Waals surface area contributed by atoms with Crippen LogP contribution in [0.15, 0.2) is 0 Å². The normalized spacial score (nSPS) is 25.1. The molecule has 1 aliphatic carbocycles. The third-order valence-electron chi connectivity index (χ3n) is 4.25. The molecule has 0 unspecified atom stereocenters. The standard InChI is InChI=1S/C12H25NO2Si/c1-14-16(15-2,12-8-4-5-9-12)13-10-6-3-7-11-13/h12H,3-11H2,1-2H3. The summed E-state index contributed by atoms with van der Waals surface area (Å²) in [6.07, 6.45) is 9.34. The summed E-state index contributed by atoms with van der Waals surface area (Å²) in [4.78, 5) is 0. The van der Waals surface area contributed by atoms with E-state index in [0.717, 1.165) is 0 Å². The van der Waals surface area contributed by atoms with E-state index in [0.29, 0.717) is 5.54 Å². The van der Waals surface area contributed by atoms with Gasteiger partial charge in [-0.05, 0) is 38.8 Å². The van der Waals surface area contributed by atoms with Crippen molar-refractivity contribution in [2.24, 2.45) is 0 Å². The van der Waals surface area contributed by atoms with Crippen molar-refractivity contribution < 1.29 is 8.85 Å². The molecule has 0 spiro atoms. The molecule has 16 heavy (non-hydrogen) atoms. The average Bonchev–Trinajstić information content (AvgIpc) is 2.87. The van der Waals surface area contributed by atoms with E-state index in [-0.39, 0.29) is 0 Å². The summed E-state index contributed by atoms with van der Waals surface area (Å²) in [5.74, 6) is 0. The van der Waals surface area contributed by atoms with Gasteiger partial charge in [0.25, 0.3) is 0 Å². The summed E-state index contributed by atoms with van der Waals surface area (Å²) in [7, 11) is 1.65. The molecular formula is C12H25NO2Si. The minimum absolute atomic E-state index is 0.695. The van der Waals surface area contributed by atoms with Crippen molar-refractivity contribution >= 4 is 8.72 Å². The average molecular weight is 243 g/mol. The van der Waals surface area contributed by atoms with Gasteiger partial charge in [-0.3, -0.25) is 4.57 Å². The van der Waals surface area contributed by atoms with Gasteiger partial charge in [0, 0.05) is 19.8 Å². The number of hydrogen-bond acceptors (Lipinski definition) is 3. The Balaban J connectivity index is 2.11. The molecule has 0 aromatic carbocycles. The minimum atomic E-state index is -2.08. The van der Waals surface area contributed by atoms with Crippen LogP contribution in [0.1, 0.15) is 44.9 Å². The zero-order chi connectivity index (χ0) is 11.4. The molecule has 1 heterocycles. The Morgan fingerprint density at radius 3 is 1.94 bits per heavy atom. The van der Waals surface area contributed by atoms with Crippen molar-refractivity contribution in [2.75, 3.05) is 27.3 Å². The second kappa shape index (κ2) is 5.62. The molecule has 0 atom stereocenters. The summed E-state index contributed by atoms with van der Waals surface area (Å²) in [6.45, 7) is 2.37. The first-order valence-electron chi connectivity index (χ1n) is 6.69. The SMILES string of the molecule is CO[Si](OC)(C1CCCC1)N1CCCCC1. The minimum Gasteiger partial charge on any atom is -0.386 e. The Hall–Kier alpha value is 0.0969. The molecule has 0 aromatic heterocycles. The lowest BCUT2D eigenvalue weighted by Gasteiger charge is -2.43. The highest BCUT2D eigenvalue weighted by Gasteiger charge is 2.51. The monoisotopic (exact) mass is 243 g/mol. The van der Waals surface area contributed by atoms with Crippen molar-refractivity contribution in [3.05, 3.63) is 0 Å². The van der Waals surface area contributed by atoms with Crippen LogP contribution in [0.5, 0.6) is 0 Å². The molecule has 1 saturated heterocycles. The smallest absolute Gasteiger partial charge is 0.386 e. The molecule has 0 aromatic rings. The van der Waals surface area contributed by atoms with E-state index in [4.69, 9.17) is 8.85 Å². The fourth-order valence-electron chi connectivity index (χ4n) is 3.43. The molecule has 1 saturated carbocycles. The predicted molar refractivity (Wildman–Crippen MR) is 67.4 cm³/mol. The van der Waals surface area contributed by atoms with E-state index < -0.39 is 8.72 Å². The molecular weight excluding hydrogens is 218 g/mol.